The molecule has 5 rings (SSSR count). The first-order chi connectivity index (χ1) is 18.6. The van der Waals surface area contributed by atoms with Gasteiger partial charge >= 0.3 is 6.18 Å². The zero-order chi connectivity index (χ0) is 27.6. The van der Waals surface area contributed by atoms with E-state index in [1.54, 1.807) is 0 Å². The lowest BCUT2D eigenvalue weighted by molar-refractivity contribution is -0.140. The van der Waals surface area contributed by atoms with E-state index in [1.165, 1.54) is 30.9 Å². The molecule has 2 aromatic rings. The summed E-state index contributed by atoms with van der Waals surface area (Å²) < 4.78 is 66.4. The van der Waals surface area contributed by atoms with Crippen LogP contribution in [0, 0.1) is 5.92 Å². The number of nitrogens with two attached hydrogens (primary N) is 1. The average Bonchev–Trinajstić information content (AvgIpc) is 3.46. The lowest BCUT2D eigenvalue weighted by Crippen LogP contribution is -2.36. The van der Waals surface area contributed by atoms with Crippen LogP contribution in [0.1, 0.15) is 60.9 Å². The average molecular weight is 568 g/mol. The van der Waals surface area contributed by atoms with E-state index in [1.807, 2.05) is 24.3 Å². The topological polar surface area (TPSA) is 124 Å². The van der Waals surface area contributed by atoms with E-state index >= 15 is 0 Å². The Morgan fingerprint density at radius 3 is 2.15 bits per heavy atom. The normalized spacial score (nSPS) is 21.0. The first-order valence-corrected chi connectivity index (χ1v) is 15.0. The molecule has 0 atom stereocenters. The Morgan fingerprint density at radius 1 is 0.923 bits per heavy atom. The summed E-state index contributed by atoms with van der Waals surface area (Å²) in [6, 6.07) is 9.75. The maximum absolute atomic E-state index is 13.8. The van der Waals surface area contributed by atoms with Crippen LogP contribution in [0.4, 0.5) is 13.2 Å². The van der Waals surface area contributed by atoms with E-state index in [0.29, 0.717) is 17.0 Å². The maximum atomic E-state index is 13.8. The third-order valence-corrected chi connectivity index (χ3v) is 9.17. The number of halogens is 3. The van der Waals surface area contributed by atoms with Crippen molar-refractivity contribution in [2.45, 2.75) is 55.3 Å². The zero-order valence-electron chi connectivity index (χ0n) is 21.7. The number of rotatable bonds is 7. The highest BCUT2D eigenvalue weighted by atomic mass is 32.2. The molecule has 0 radical (unpaired) electrons. The molecule has 9 nitrogen and oxygen atoms in total. The molecule has 0 amide bonds. The van der Waals surface area contributed by atoms with Crippen LogP contribution in [-0.2, 0) is 16.2 Å². The van der Waals surface area contributed by atoms with Crippen LogP contribution in [-0.4, -0.2) is 46.0 Å². The second kappa shape index (κ2) is 11.8. The van der Waals surface area contributed by atoms with Crippen LogP contribution in [0.5, 0.6) is 0 Å². The van der Waals surface area contributed by atoms with Gasteiger partial charge in [0.1, 0.15) is 11.1 Å². The van der Waals surface area contributed by atoms with Crippen molar-refractivity contribution in [1.82, 2.24) is 32.1 Å². The number of nitrogens with one attached hydrogen (secondary N) is 5. The smallest absolute Gasteiger partial charge is 0.317 e. The van der Waals surface area contributed by atoms with Gasteiger partial charge in [-0.05, 0) is 99.4 Å². The molecule has 3 aliphatic rings. The van der Waals surface area contributed by atoms with Crippen LogP contribution < -0.4 is 32.4 Å². The number of primary sulfonamides is 1. The number of hydrazine groups is 3. The fourth-order valence-electron chi connectivity index (χ4n) is 6.02. The molecule has 0 spiro atoms. The molecule has 0 aliphatic carbocycles. The highest BCUT2D eigenvalue weighted by Gasteiger charge is 2.40. The molecule has 0 saturated carbocycles. The van der Waals surface area contributed by atoms with Crippen LogP contribution >= 0.6 is 0 Å². The quantitative estimate of drug-likeness (QED) is 0.302. The van der Waals surface area contributed by atoms with Crippen LogP contribution in [0.15, 0.2) is 41.3 Å². The number of piperidine rings is 2. The van der Waals surface area contributed by atoms with Gasteiger partial charge in [0.2, 0.25) is 10.0 Å². The Balaban J connectivity index is 1.34. The SMILES string of the molecule is NS(=O)(=O)c1c(C(F)(F)F)ccc(-c2ccc(C3CCN(CCC4CCNCC4)CC3)cc2)c1C1NNNN1. The molecule has 2 aromatic carbocycles. The molecule has 7 N–H and O–H groups in total. The van der Waals surface area contributed by atoms with E-state index in [9.17, 15) is 21.6 Å². The number of benzene rings is 2. The fourth-order valence-corrected chi connectivity index (χ4v) is 7.05. The Bertz CT molecular complexity index is 1240. The van der Waals surface area contributed by atoms with Gasteiger partial charge in [0, 0.05) is 5.56 Å². The number of sulfonamides is 1. The summed E-state index contributed by atoms with van der Waals surface area (Å²) in [7, 11) is -4.72. The number of hydrogen-bond donors (Lipinski definition) is 6. The van der Waals surface area contributed by atoms with E-state index in [-0.39, 0.29) is 5.56 Å². The largest absolute Gasteiger partial charge is 0.417 e. The fraction of sp³-hybridized carbons (Fsp3) is 0.538. The van der Waals surface area contributed by atoms with Gasteiger partial charge in [0.15, 0.2) is 0 Å². The number of hydrogen-bond acceptors (Lipinski definition) is 8. The maximum Gasteiger partial charge on any atom is 0.417 e. The molecule has 39 heavy (non-hydrogen) atoms. The van der Waals surface area contributed by atoms with Gasteiger partial charge < -0.3 is 10.2 Å². The van der Waals surface area contributed by atoms with Crippen LogP contribution in [0.2, 0.25) is 0 Å². The van der Waals surface area contributed by atoms with Gasteiger partial charge in [-0.15, -0.1) is 0 Å². The molecular formula is C26H36F3N7O2S. The highest BCUT2D eigenvalue weighted by Crippen LogP contribution is 2.41. The standard InChI is InChI=1S/C26H36F3N7O2S/c27-26(28,29)22-6-5-21(23(24(22)39(30,37)38)25-32-34-35-33-25)20-3-1-18(2-4-20)19-10-15-36(16-11-19)14-9-17-7-12-31-13-8-17/h1-6,17,19,25,31-35H,7-16H2,(H2,30,37,38). The molecule has 3 fully saturated rings. The lowest BCUT2D eigenvalue weighted by atomic mass is 9.87. The molecule has 0 bridgehead atoms. The monoisotopic (exact) mass is 567 g/mol. The van der Waals surface area contributed by atoms with Crippen molar-refractivity contribution >= 4 is 10.0 Å². The van der Waals surface area contributed by atoms with Crippen molar-refractivity contribution in [3.63, 3.8) is 0 Å². The van der Waals surface area contributed by atoms with Gasteiger partial charge in [-0.3, -0.25) is 0 Å². The minimum Gasteiger partial charge on any atom is -0.317 e. The summed E-state index contributed by atoms with van der Waals surface area (Å²) in [5.74, 6) is 1.23. The van der Waals surface area contributed by atoms with Gasteiger partial charge in [-0.2, -0.15) is 24.2 Å². The molecule has 13 heteroatoms. The van der Waals surface area contributed by atoms with E-state index in [2.05, 4.69) is 32.1 Å². The third kappa shape index (κ3) is 6.63. The lowest BCUT2D eigenvalue weighted by Gasteiger charge is -2.33. The van der Waals surface area contributed by atoms with Crippen molar-refractivity contribution in [3.8, 4) is 11.1 Å². The second-order valence-corrected chi connectivity index (χ2v) is 12.1. The summed E-state index contributed by atoms with van der Waals surface area (Å²) in [4.78, 5) is 1.60. The Labute approximate surface area is 227 Å². The highest BCUT2D eigenvalue weighted by molar-refractivity contribution is 7.89. The van der Waals surface area contributed by atoms with Crippen LogP contribution in [0.25, 0.3) is 11.1 Å². The molecule has 3 saturated heterocycles. The summed E-state index contributed by atoms with van der Waals surface area (Å²) in [6.45, 7) is 5.50. The van der Waals surface area contributed by atoms with Gasteiger partial charge in [-0.1, -0.05) is 30.3 Å². The third-order valence-electron chi connectivity index (χ3n) is 8.16. The van der Waals surface area contributed by atoms with Crippen molar-refractivity contribution in [1.29, 1.82) is 0 Å². The number of alkyl halides is 3. The first kappa shape index (κ1) is 28.4. The predicted octanol–water partition coefficient (Wildman–Crippen LogP) is 2.70. The molecule has 3 heterocycles. The Hall–Kier alpha value is -2.10. The minimum atomic E-state index is -4.90. The van der Waals surface area contributed by atoms with E-state index in [0.717, 1.165) is 57.5 Å². The van der Waals surface area contributed by atoms with Crippen LogP contribution in [0.3, 0.4) is 0 Å². The molecule has 3 aliphatic heterocycles. The van der Waals surface area contributed by atoms with Crippen molar-refractivity contribution < 1.29 is 21.6 Å². The summed E-state index contributed by atoms with van der Waals surface area (Å²) in [6.07, 6.45) is 0.0156. The molecular weight excluding hydrogens is 531 g/mol. The van der Waals surface area contributed by atoms with Gasteiger partial charge in [-0.25, -0.2) is 24.4 Å². The summed E-state index contributed by atoms with van der Waals surface area (Å²) in [5, 5.41) is 8.76. The van der Waals surface area contributed by atoms with Crippen molar-refractivity contribution in [2.24, 2.45) is 11.1 Å². The number of likely N-dealkylation sites (tertiary alicyclic amines) is 1. The number of nitrogens with zero attached hydrogens (tertiary/aromatic N) is 1. The van der Waals surface area contributed by atoms with E-state index in [4.69, 9.17) is 5.14 Å². The molecule has 214 valence electrons. The van der Waals surface area contributed by atoms with Crippen molar-refractivity contribution in [2.75, 3.05) is 32.7 Å². The summed E-state index contributed by atoms with van der Waals surface area (Å²) >= 11 is 0. The Kier molecular flexibility index (Phi) is 8.59. The van der Waals surface area contributed by atoms with E-state index < -0.39 is 32.8 Å². The second-order valence-electron chi connectivity index (χ2n) is 10.6. The molecule has 0 unspecified atom stereocenters. The molecule has 0 aromatic heterocycles. The van der Waals surface area contributed by atoms with Gasteiger partial charge in [0.05, 0.1) is 5.56 Å². The Morgan fingerprint density at radius 2 is 1.56 bits per heavy atom. The first-order valence-electron chi connectivity index (χ1n) is 13.4. The van der Waals surface area contributed by atoms with Gasteiger partial charge in [0.25, 0.3) is 0 Å². The van der Waals surface area contributed by atoms with Crippen molar-refractivity contribution in [3.05, 3.63) is 53.1 Å². The predicted molar refractivity (Wildman–Crippen MR) is 142 cm³/mol. The minimum absolute atomic E-state index is 0.111. The summed E-state index contributed by atoms with van der Waals surface area (Å²) in [5.41, 5.74) is 11.2. The zero-order valence-corrected chi connectivity index (χ0v) is 22.5.